The van der Waals surface area contributed by atoms with Crippen LogP contribution in [0.4, 0.5) is 0 Å². The highest BCUT2D eigenvalue weighted by Crippen LogP contribution is 2.27. The summed E-state index contributed by atoms with van der Waals surface area (Å²) in [5.41, 5.74) is 1.94. The molecule has 29 heavy (non-hydrogen) atoms. The van der Waals surface area contributed by atoms with Gasteiger partial charge in [0.15, 0.2) is 5.96 Å². The maximum atomic E-state index is 11.5. The van der Waals surface area contributed by atoms with Crippen LogP contribution in [0.1, 0.15) is 37.3 Å². The Bertz CT molecular complexity index is 842. The third-order valence-corrected chi connectivity index (χ3v) is 5.44. The molecule has 3 N–H and O–H groups in total. The number of hydrogen-bond acceptors (Lipinski definition) is 3. The molecule has 0 amide bonds. The summed E-state index contributed by atoms with van der Waals surface area (Å²) < 4.78 is 25.6. The zero-order valence-corrected chi connectivity index (χ0v) is 18.5. The van der Waals surface area contributed by atoms with Crippen LogP contribution in [0.5, 0.6) is 0 Å². The van der Waals surface area contributed by atoms with Gasteiger partial charge in [0, 0.05) is 31.6 Å². The predicted molar refractivity (Wildman–Crippen MR) is 121 cm³/mol. The quantitative estimate of drug-likeness (QED) is 0.434. The summed E-state index contributed by atoms with van der Waals surface area (Å²) in [6, 6.07) is 20.9. The number of rotatable bonds is 9. The van der Waals surface area contributed by atoms with Gasteiger partial charge < -0.3 is 10.6 Å². The summed E-state index contributed by atoms with van der Waals surface area (Å²) in [5, 5.41) is 6.53. The van der Waals surface area contributed by atoms with Gasteiger partial charge in [-0.1, -0.05) is 60.7 Å². The van der Waals surface area contributed by atoms with Crippen LogP contribution in [0.2, 0.25) is 0 Å². The second-order valence-electron chi connectivity index (χ2n) is 7.77. The Morgan fingerprint density at radius 2 is 1.48 bits per heavy atom. The molecule has 0 saturated carbocycles. The third-order valence-electron chi connectivity index (χ3n) is 4.51. The van der Waals surface area contributed by atoms with Gasteiger partial charge in [-0.25, -0.2) is 13.1 Å². The fourth-order valence-electron chi connectivity index (χ4n) is 3.29. The van der Waals surface area contributed by atoms with Crippen molar-refractivity contribution in [1.29, 1.82) is 0 Å². The first-order valence-corrected chi connectivity index (χ1v) is 11.6. The molecule has 0 saturated heterocycles. The number of aliphatic imine (C=N–C) groups is 1. The van der Waals surface area contributed by atoms with Crippen LogP contribution in [0.25, 0.3) is 0 Å². The monoisotopic (exact) mass is 416 g/mol. The molecule has 158 valence electrons. The lowest BCUT2D eigenvalue weighted by atomic mass is 9.88. The van der Waals surface area contributed by atoms with Gasteiger partial charge in [-0.05, 0) is 31.4 Å². The summed E-state index contributed by atoms with van der Waals surface area (Å²) in [7, 11) is -1.57. The normalized spacial score (nSPS) is 12.8. The highest BCUT2D eigenvalue weighted by Gasteiger charge is 2.22. The summed E-state index contributed by atoms with van der Waals surface area (Å²) in [4.78, 5) is 4.25. The molecular formula is C22H32N4O2S. The number of benzene rings is 2. The molecule has 0 aliphatic rings. The molecule has 6 nitrogen and oxygen atoms in total. The molecule has 2 rings (SSSR count). The lowest BCUT2D eigenvalue weighted by Gasteiger charge is -2.26. The molecule has 0 aromatic heterocycles. The molecule has 0 atom stereocenters. The molecule has 2 aromatic carbocycles. The first-order chi connectivity index (χ1) is 13.7. The minimum absolute atomic E-state index is 0.284. The van der Waals surface area contributed by atoms with E-state index in [-0.39, 0.29) is 5.92 Å². The van der Waals surface area contributed by atoms with E-state index in [4.69, 9.17) is 0 Å². The topological polar surface area (TPSA) is 82.6 Å². The van der Waals surface area contributed by atoms with Crippen LogP contribution in [-0.2, 0) is 10.0 Å². The van der Waals surface area contributed by atoms with Gasteiger partial charge in [-0.2, -0.15) is 0 Å². The Morgan fingerprint density at radius 3 is 1.93 bits per heavy atom. The van der Waals surface area contributed by atoms with E-state index in [1.807, 2.05) is 26.0 Å². The van der Waals surface area contributed by atoms with E-state index in [0.29, 0.717) is 12.5 Å². The summed E-state index contributed by atoms with van der Waals surface area (Å²) in [6.45, 7) is 4.80. The average molecular weight is 417 g/mol. The van der Waals surface area contributed by atoms with Gasteiger partial charge in [-0.3, -0.25) is 4.99 Å². The zero-order valence-electron chi connectivity index (χ0n) is 17.6. The van der Waals surface area contributed by atoms with E-state index in [1.165, 1.54) is 11.1 Å². The summed E-state index contributed by atoms with van der Waals surface area (Å²) in [5.74, 6) is 0.930. The van der Waals surface area contributed by atoms with Crippen molar-refractivity contribution in [2.75, 3.05) is 26.4 Å². The Balaban J connectivity index is 1.96. The van der Waals surface area contributed by atoms with Crippen molar-refractivity contribution in [1.82, 2.24) is 15.4 Å². The Kier molecular flexibility index (Phi) is 8.22. The highest BCUT2D eigenvalue weighted by atomic mass is 32.2. The van der Waals surface area contributed by atoms with Crippen molar-refractivity contribution in [3.63, 3.8) is 0 Å². The molecule has 0 bridgehead atoms. The Hall–Kier alpha value is -2.38. The van der Waals surface area contributed by atoms with Gasteiger partial charge in [0.25, 0.3) is 0 Å². The molecular weight excluding hydrogens is 384 g/mol. The summed E-state index contributed by atoms with van der Waals surface area (Å²) >= 11 is 0. The maximum Gasteiger partial charge on any atom is 0.209 e. The van der Waals surface area contributed by atoms with E-state index in [0.717, 1.165) is 19.2 Å². The largest absolute Gasteiger partial charge is 0.356 e. The lowest BCUT2D eigenvalue weighted by molar-refractivity contribution is 0.446. The van der Waals surface area contributed by atoms with E-state index in [9.17, 15) is 8.42 Å². The Labute approximate surface area is 174 Å². The smallest absolute Gasteiger partial charge is 0.209 e. The van der Waals surface area contributed by atoms with Crippen LogP contribution < -0.4 is 15.4 Å². The molecule has 0 spiro atoms. The van der Waals surface area contributed by atoms with Gasteiger partial charge in [-0.15, -0.1) is 0 Å². The maximum absolute atomic E-state index is 11.5. The minimum atomic E-state index is -3.28. The molecule has 0 heterocycles. The van der Waals surface area contributed by atoms with Crippen molar-refractivity contribution in [3.8, 4) is 0 Å². The van der Waals surface area contributed by atoms with E-state index in [1.54, 1.807) is 7.05 Å². The average Bonchev–Trinajstić information content (AvgIpc) is 2.67. The molecule has 2 aromatic rings. The SMILES string of the molecule is CN=C(NCCC(c1ccccc1)c1ccccc1)NCC(C)(C)NS(C)(=O)=O. The minimum Gasteiger partial charge on any atom is -0.356 e. The Morgan fingerprint density at radius 1 is 0.966 bits per heavy atom. The van der Waals surface area contributed by atoms with Crippen LogP contribution in [-0.4, -0.2) is 46.3 Å². The predicted octanol–water partition coefficient (Wildman–Crippen LogP) is 2.70. The molecule has 0 fully saturated rings. The van der Waals surface area contributed by atoms with E-state index < -0.39 is 15.6 Å². The fraction of sp³-hybridized carbons (Fsp3) is 0.409. The number of sulfonamides is 1. The lowest BCUT2D eigenvalue weighted by Crippen LogP contribution is -2.53. The first-order valence-electron chi connectivity index (χ1n) is 9.73. The van der Waals surface area contributed by atoms with Crippen LogP contribution in [0.3, 0.4) is 0 Å². The van der Waals surface area contributed by atoms with Gasteiger partial charge in [0.1, 0.15) is 0 Å². The number of hydrogen-bond donors (Lipinski definition) is 3. The third kappa shape index (κ3) is 8.25. The fourth-order valence-corrected chi connectivity index (χ4v) is 4.37. The second kappa shape index (κ2) is 10.4. The van der Waals surface area contributed by atoms with Crippen LogP contribution in [0, 0.1) is 0 Å². The van der Waals surface area contributed by atoms with Crippen LogP contribution >= 0.6 is 0 Å². The number of nitrogens with zero attached hydrogens (tertiary/aromatic N) is 1. The van der Waals surface area contributed by atoms with Gasteiger partial charge in [0.05, 0.1) is 6.26 Å². The number of nitrogens with one attached hydrogen (secondary N) is 3. The highest BCUT2D eigenvalue weighted by molar-refractivity contribution is 7.88. The van der Waals surface area contributed by atoms with Crippen molar-refractivity contribution in [2.45, 2.75) is 31.7 Å². The molecule has 0 unspecified atom stereocenters. The van der Waals surface area contributed by atoms with Crippen molar-refractivity contribution < 1.29 is 8.42 Å². The first kappa shape index (κ1) is 22.9. The van der Waals surface area contributed by atoms with Crippen molar-refractivity contribution in [2.24, 2.45) is 4.99 Å². The van der Waals surface area contributed by atoms with E-state index in [2.05, 4.69) is 68.9 Å². The number of guanidine groups is 1. The van der Waals surface area contributed by atoms with Gasteiger partial charge in [0.2, 0.25) is 10.0 Å². The van der Waals surface area contributed by atoms with Crippen molar-refractivity contribution in [3.05, 3.63) is 71.8 Å². The zero-order chi connectivity index (χ0) is 21.3. The second-order valence-corrected chi connectivity index (χ2v) is 9.52. The molecule has 0 aliphatic heterocycles. The van der Waals surface area contributed by atoms with E-state index >= 15 is 0 Å². The molecule has 0 radical (unpaired) electrons. The van der Waals surface area contributed by atoms with Crippen LogP contribution in [0.15, 0.2) is 65.7 Å². The molecule has 7 heteroatoms. The van der Waals surface area contributed by atoms with Gasteiger partial charge >= 0.3 is 0 Å². The standard InChI is InChI=1S/C22H32N4O2S/c1-22(2,26-29(4,27)28)17-25-21(23-3)24-16-15-20(18-11-7-5-8-12-18)19-13-9-6-10-14-19/h5-14,20,26H,15-17H2,1-4H3,(H2,23,24,25). The molecule has 0 aliphatic carbocycles. The van der Waals surface area contributed by atoms with Crippen molar-refractivity contribution >= 4 is 16.0 Å². The summed E-state index contributed by atoms with van der Waals surface area (Å²) in [6.07, 6.45) is 2.06.